The molecule has 7 heteroatoms. The lowest BCUT2D eigenvalue weighted by atomic mass is 9.88. The van der Waals surface area contributed by atoms with Crippen molar-refractivity contribution < 1.29 is 34.7 Å². The molecule has 28 heavy (non-hydrogen) atoms. The summed E-state index contributed by atoms with van der Waals surface area (Å²) >= 11 is 0. The number of aryl methyl sites for hydroxylation is 2. The lowest BCUT2D eigenvalue weighted by molar-refractivity contribution is -0.250. The summed E-state index contributed by atoms with van der Waals surface area (Å²) in [5.74, 6) is -0.335. The van der Waals surface area contributed by atoms with E-state index in [4.69, 9.17) is 4.74 Å². The summed E-state index contributed by atoms with van der Waals surface area (Å²) in [6, 6.07) is 9.88. The summed E-state index contributed by atoms with van der Waals surface area (Å²) in [4.78, 5) is 0. The zero-order valence-corrected chi connectivity index (χ0v) is 15.7. The maximum Gasteiger partial charge on any atom is 0.124 e. The van der Waals surface area contributed by atoms with Gasteiger partial charge in [0.1, 0.15) is 42.4 Å². The maximum atomic E-state index is 13.7. The number of aliphatic hydroxyl groups is 5. The second-order valence-corrected chi connectivity index (χ2v) is 7.33. The number of hydrogen-bond donors (Lipinski definition) is 5. The van der Waals surface area contributed by atoms with Crippen LogP contribution in [0.3, 0.4) is 0 Å². The Balaban J connectivity index is 1.89. The van der Waals surface area contributed by atoms with E-state index < -0.39 is 43.2 Å². The highest BCUT2D eigenvalue weighted by molar-refractivity contribution is 5.66. The number of aliphatic hydroxyl groups excluding tert-OH is 5. The summed E-state index contributed by atoms with van der Waals surface area (Å²) in [5.41, 5.74) is 3.41. The monoisotopic (exact) mass is 392 g/mol. The van der Waals surface area contributed by atoms with Crippen molar-refractivity contribution in [2.75, 3.05) is 6.61 Å². The van der Waals surface area contributed by atoms with E-state index in [1.165, 1.54) is 12.1 Å². The van der Waals surface area contributed by atoms with Crippen molar-refractivity contribution in [1.29, 1.82) is 0 Å². The van der Waals surface area contributed by atoms with Gasteiger partial charge in [0, 0.05) is 0 Å². The van der Waals surface area contributed by atoms with Crippen LogP contribution >= 0.6 is 0 Å². The topological polar surface area (TPSA) is 110 Å². The highest BCUT2D eigenvalue weighted by atomic mass is 19.1. The van der Waals surface area contributed by atoms with Gasteiger partial charge in [-0.15, -0.1) is 0 Å². The number of hydrogen-bond acceptors (Lipinski definition) is 6. The first-order valence-corrected chi connectivity index (χ1v) is 9.09. The van der Waals surface area contributed by atoms with Gasteiger partial charge < -0.3 is 30.3 Å². The van der Waals surface area contributed by atoms with Gasteiger partial charge in [-0.3, -0.25) is 0 Å². The molecule has 1 saturated heterocycles. The zero-order valence-electron chi connectivity index (χ0n) is 15.7. The average Bonchev–Trinajstić information content (AvgIpc) is 2.65. The minimum Gasteiger partial charge on any atom is -0.394 e. The van der Waals surface area contributed by atoms with Crippen LogP contribution in [-0.2, 0) is 4.74 Å². The largest absolute Gasteiger partial charge is 0.394 e. The molecule has 6 nitrogen and oxygen atoms in total. The van der Waals surface area contributed by atoms with Gasteiger partial charge >= 0.3 is 0 Å². The molecule has 2 unspecified atom stereocenters. The van der Waals surface area contributed by atoms with Crippen LogP contribution in [0, 0.1) is 19.7 Å². The van der Waals surface area contributed by atoms with Gasteiger partial charge in [-0.25, -0.2) is 4.39 Å². The minimum absolute atomic E-state index is 0.335. The molecule has 0 spiro atoms. The van der Waals surface area contributed by atoms with Gasteiger partial charge in [-0.1, -0.05) is 24.3 Å². The third-order valence-corrected chi connectivity index (χ3v) is 5.20. The molecule has 1 aliphatic rings. The van der Waals surface area contributed by atoms with Crippen molar-refractivity contribution in [1.82, 2.24) is 0 Å². The SMILES string of the molecule is Cc1cc(F)cc(-c2ccc([C@@H](O)[C@H]3OC(CO)[C@@H](O)[C@H](O)C3O)c(C)c2)c1. The van der Waals surface area contributed by atoms with Crippen molar-refractivity contribution in [2.45, 2.75) is 50.5 Å². The Morgan fingerprint density at radius 1 is 0.964 bits per heavy atom. The van der Waals surface area contributed by atoms with Crippen molar-refractivity contribution in [3.63, 3.8) is 0 Å². The normalized spacial score (nSPS) is 28.9. The molecule has 1 fully saturated rings. The van der Waals surface area contributed by atoms with Gasteiger partial charge in [0.25, 0.3) is 0 Å². The molecule has 0 bridgehead atoms. The third-order valence-electron chi connectivity index (χ3n) is 5.20. The molecule has 0 saturated carbocycles. The quantitative estimate of drug-likeness (QED) is 0.531. The van der Waals surface area contributed by atoms with E-state index in [0.29, 0.717) is 16.7 Å². The van der Waals surface area contributed by atoms with Crippen molar-refractivity contribution in [3.05, 3.63) is 58.9 Å². The first-order valence-electron chi connectivity index (χ1n) is 9.09. The van der Waals surface area contributed by atoms with E-state index in [1.807, 2.05) is 6.07 Å². The molecule has 0 radical (unpaired) electrons. The fraction of sp³-hybridized carbons (Fsp3) is 0.429. The van der Waals surface area contributed by atoms with Crippen molar-refractivity contribution in [3.8, 4) is 11.1 Å². The lowest BCUT2D eigenvalue weighted by Crippen LogP contribution is -2.59. The zero-order chi connectivity index (χ0) is 20.6. The molecule has 2 aromatic carbocycles. The maximum absolute atomic E-state index is 13.7. The Kier molecular flexibility index (Phi) is 6.14. The first-order chi connectivity index (χ1) is 13.2. The molecule has 1 aliphatic heterocycles. The van der Waals surface area contributed by atoms with Crippen LogP contribution in [0.1, 0.15) is 22.8 Å². The lowest BCUT2D eigenvalue weighted by Gasteiger charge is -2.42. The molecule has 5 N–H and O–H groups in total. The fourth-order valence-electron chi connectivity index (χ4n) is 3.66. The van der Waals surface area contributed by atoms with Crippen molar-refractivity contribution in [2.24, 2.45) is 0 Å². The first kappa shape index (κ1) is 20.9. The van der Waals surface area contributed by atoms with Crippen LogP contribution < -0.4 is 0 Å². The second-order valence-electron chi connectivity index (χ2n) is 7.33. The molecule has 0 aromatic heterocycles. The predicted molar refractivity (Wildman–Crippen MR) is 100 cm³/mol. The van der Waals surface area contributed by atoms with E-state index in [-0.39, 0.29) is 5.82 Å². The van der Waals surface area contributed by atoms with Crippen LogP contribution in [0.25, 0.3) is 11.1 Å². The summed E-state index contributed by atoms with van der Waals surface area (Å²) in [6.45, 7) is 3.00. The second kappa shape index (κ2) is 8.24. The molecule has 6 atom stereocenters. The van der Waals surface area contributed by atoms with Crippen LogP contribution in [-0.4, -0.2) is 62.7 Å². The predicted octanol–water partition coefficient (Wildman–Crippen LogP) is 0.985. The Hall–Kier alpha value is -1.87. The van der Waals surface area contributed by atoms with Crippen molar-refractivity contribution >= 4 is 0 Å². The molecule has 1 heterocycles. The number of ether oxygens (including phenoxy) is 1. The average molecular weight is 392 g/mol. The van der Waals surface area contributed by atoms with Crippen LogP contribution in [0.2, 0.25) is 0 Å². The van der Waals surface area contributed by atoms with Crippen LogP contribution in [0.15, 0.2) is 36.4 Å². The summed E-state index contributed by atoms with van der Waals surface area (Å²) < 4.78 is 19.1. The Bertz CT molecular complexity index is 819. The van der Waals surface area contributed by atoms with Crippen LogP contribution in [0.5, 0.6) is 0 Å². The summed E-state index contributed by atoms with van der Waals surface area (Å²) in [5, 5.41) is 50.1. The molecule has 0 amide bonds. The molecule has 0 aliphatic carbocycles. The van der Waals surface area contributed by atoms with E-state index in [1.54, 1.807) is 32.0 Å². The van der Waals surface area contributed by atoms with E-state index >= 15 is 0 Å². The molecular weight excluding hydrogens is 367 g/mol. The van der Waals surface area contributed by atoms with E-state index in [9.17, 15) is 29.9 Å². The minimum atomic E-state index is -1.56. The third kappa shape index (κ3) is 3.96. The number of benzene rings is 2. The number of rotatable bonds is 4. The highest BCUT2D eigenvalue weighted by Gasteiger charge is 2.46. The fourth-order valence-corrected chi connectivity index (χ4v) is 3.66. The van der Waals surface area contributed by atoms with Gasteiger partial charge in [-0.2, -0.15) is 0 Å². The number of halogens is 1. The highest BCUT2D eigenvalue weighted by Crippen LogP contribution is 2.33. The Morgan fingerprint density at radius 2 is 1.68 bits per heavy atom. The molecule has 3 rings (SSSR count). The molecule has 2 aromatic rings. The van der Waals surface area contributed by atoms with E-state index in [2.05, 4.69) is 0 Å². The van der Waals surface area contributed by atoms with Gasteiger partial charge in [0.05, 0.1) is 6.61 Å². The van der Waals surface area contributed by atoms with Gasteiger partial charge in [0.2, 0.25) is 0 Å². The smallest absolute Gasteiger partial charge is 0.124 e. The summed E-state index contributed by atoms with van der Waals surface area (Å²) in [6.07, 6.45) is -8.18. The van der Waals surface area contributed by atoms with Gasteiger partial charge in [0.15, 0.2) is 0 Å². The van der Waals surface area contributed by atoms with Gasteiger partial charge in [-0.05, 0) is 53.8 Å². The Labute approximate surface area is 162 Å². The summed E-state index contributed by atoms with van der Waals surface area (Å²) in [7, 11) is 0. The van der Waals surface area contributed by atoms with Crippen LogP contribution in [0.4, 0.5) is 4.39 Å². The molecular formula is C21H25FO6. The Morgan fingerprint density at radius 3 is 2.29 bits per heavy atom. The van der Waals surface area contributed by atoms with E-state index in [0.717, 1.165) is 11.1 Å². The standard InChI is InChI=1S/C21H25FO6/c1-10-5-13(8-14(22)6-10)12-3-4-15(11(2)7-12)17(24)21-20(27)19(26)18(25)16(9-23)28-21/h3-8,16-21,23-27H,9H2,1-2H3/t16?,17-,18-,19+,20?,21-/m1/s1. The molecule has 152 valence electrons.